The molecule has 0 saturated heterocycles. The molecule has 0 amide bonds. The van der Waals surface area contributed by atoms with Crippen molar-refractivity contribution in [3.8, 4) is 0 Å². The summed E-state index contributed by atoms with van der Waals surface area (Å²) in [6.45, 7) is 0. The molecule has 0 aliphatic heterocycles. The van der Waals surface area contributed by atoms with E-state index in [9.17, 15) is 18.4 Å². The predicted octanol–water partition coefficient (Wildman–Crippen LogP) is 1.77. The Morgan fingerprint density at radius 1 is 1.59 bits per heavy atom. The number of carbonyl (C=O) groups is 1. The van der Waals surface area contributed by atoms with Crippen molar-refractivity contribution in [2.75, 3.05) is 7.11 Å². The minimum absolute atomic E-state index is 0.0643. The van der Waals surface area contributed by atoms with E-state index in [1.165, 1.54) is 6.20 Å². The molecule has 1 N–H and O–H groups in total. The number of methoxy groups -OCH3 is 1. The Bertz CT molecular complexity index is 473. The number of nitrogens with one attached hydrogen (secondary N) is 1. The van der Waals surface area contributed by atoms with Gasteiger partial charge < -0.3 is 9.72 Å². The molecule has 0 aromatic carbocycles. The van der Waals surface area contributed by atoms with Crippen LogP contribution in [0.5, 0.6) is 0 Å². The van der Waals surface area contributed by atoms with Crippen LogP contribution in [0.3, 0.4) is 0 Å². The summed E-state index contributed by atoms with van der Waals surface area (Å²) in [4.78, 5) is 24.6. The monoisotopic (exact) mass is 265 g/mol. The summed E-state index contributed by atoms with van der Waals surface area (Å²) in [6.07, 6.45) is -2.15. The van der Waals surface area contributed by atoms with E-state index in [1.54, 1.807) is 0 Å². The van der Waals surface area contributed by atoms with Crippen LogP contribution in [0.25, 0.3) is 0 Å². The fraction of sp³-hybridized carbons (Fsp3) is 0.400. The smallest absolute Gasteiger partial charge is 0.310 e. The van der Waals surface area contributed by atoms with Crippen LogP contribution in [0.15, 0.2) is 11.0 Å². The Labute approximate surface area is 101 Å². The molecule has 0 fully saturated rings. The molecule has 94 valence electrons. The van der Waals surface area contributed by atoms with Gasteiger partial charge in [0.05, 0.1) is 19.1 Å². The van der Waals surface area contributed by atoms with Gasteiger partial charge in [-0.25, -0.2) is 8.78 Å². The number of aromatic amines is 1. The Morgan fingerprint density at radius 3 is 2.71 bits per heavy atom. The van der Waals surface area contributed by atoms with E-state index in [1.807, 2.05) is 0 Å². The molecule has 0 radical (unpaired) electrons. The lowest BCUT2D eigenvalue weighted by molar-refractivity contribution is -0.139. The van der Waals surface area contributed by atoms with Gasteiger partial charge in [0.2, 0.25) is 0 Å². The lowest BCUT2D eigenvalue weighted by Gasteiger charge is -2.10. The van der Waals surface area contributed by atoms with Crippen molar-refractivity contribution in [1.82, 2.24) is 4.98 Å². The SMILES string of the molecule is COC(=O)Cc1c(CCl)c[nH]c(=O)c1C(F)F. The molecular formula is C10H10ClF2NO3. The zero-order valence-corrected chi connectivity index (χ0v) is 9.68. The fourth-order valence-electron chi connectivity index (χ4n) is 1.40. The van der Waals surface area contributed by atoms with Gasteiger partial charge in [0.1, 0.15) is 0 Å². The van der Waals surface area contributed by atoms with Crippen molar-refractivity contribution >= 4 is 17.6 Å². The summed E-state index contributed by atoms with van der Waals surface area (Å²) < 4.78 is 29.9. The van der Waals surface area contributed by atoms with E-state index < -0.39 is 29.9 Å². The third kappa shape index (κ3) is 3.03. The lowest BCUT2D eigenvalue weighted by atomic mass is 10.0. The highest BCUT2D eigenvalue weighted by Crippen LogP contribution is 2.23. The molecule has 1 heterocycles. The molecule has 0 unspecified atom stereocenters. The van der Waals surface area contributed by atoms with E-state index in [4.69, 9.17) is 11.6 Å². The van der Waals surface area contributed by atoms with Gasteiger partial charge >= 0.3 is 5.97 Å². The van der Waals surface area contributed by atoms with Crippen molar-refractivity contribution in [3.05, 3.63) is 33.2 Å². The summed E-state index contributed by atoms with van der Waals surface area (Å²) >= 11 is 5.57. The molecule has 0 atom stereocenters. The number of halogens is 3. The summed E-state index contributed by atoms with van der Waals surface area (Å²) in [6, 6.07) is 0. The largest absolute Gasteiger partial charge is 0.469 e. The van der Waals surface area contributed by atoms with Crippen LogP contribution in [-0.2, 0) is 21.8 Å². The molecule has 7 heteroatoms. The number of rotatable bonds is 4. The van der Waals surface area contributed by atoms with E-state index in [0.29, 0.717) is 0 Å². The third-order valence-corrected chi connectivity index (χ3v) is 2.53. The first-order valence-corrected chi connectivity index (χ1v) is 5.19. The minimum atomic E-state index is -2.97. The third-order valence-electron chi connectivity index (χ3n) is 2.25. The first-order valence-electron chi connectivity index (χ1n) is 4.65. The van der Waals surface area contributed by atoms with Gasteiger partial charge in [-0.1, -0.05) is 0 Å². The van der Waals surface area contributed by atoms with Gasteiger partial charge in [-0.15, -0.1) is 11.6 Å². The number of hydrogen-bond acceptors (Lipinski definition) is 3. The number of esters is 1. The van der Waals surface area contributed by atoms with Gasteiger partial charge in [0, 0.05) is 12.1 Å². The second-order valence-electron chi connectivity index (χ2n) is 3.22. The van der Waals surface area contributed by atoms with Crippen LogP contribution in [-0.4, -0.2) is 18.1 Å². The first kappa shape index (κ1) is 13.6. The zero-order valence-electron chi connectivity index (χ0n) is 8.93. The molecular weight excluding hydrogens is 256 g/mol. The average Bonchev–Trinajstić information content (AvgIpc) is 2.28. The lowest BCUT2D eigenvalue weighted by Crippen LogP contribution is -2.20. The molecule has 1 aromatic rings. The quantitative estimate of drug-likeness (QED) is 0.667. The van der Waals surface area contributed by atoms with E-state index in [-0.39, 0.29) is 17.0 Å². The maximum Gasteiger partial charge on any atom is 0.310 e. The maximum absolute atomic E-state index is 12.7. The van der Waals surface area contributed by atoms with E-state index in [2.05, 4.69) is 9.72 Å². The Hall–Kier alpha value is -1.43. The van der Waals surface area contributed by atoms with Crippen molar-refractivity contribution in [2.24, 2.45) is 0 Å². The van der Waals surface area contributed by atoms with E-state index in [0.717, 1.165) is 7.11 Å². The Morgan fingerprint density at radius 2 is 2.24 bits per heavy atom. The van der Waals surface area contributed by atoms with Crippen molar-refractivity contribution in [2.45, 2.75) is 18.7 Å². The number of aromatic nitrogens is 1. The molecule has 17 heavy (non-hydrogen) atoms. The van der Waals surface area contributed by atoms with Crippen molar-refractivity contribution in [3.63, 3.8) is 0 Å². The number of carbonyl (C=O) groups excluding carboxylic acids is 1. The average molecular weight is 266 g/mol. The van der Waals surface area contributed by atoms with Crippen molar-refractivity contribution in [1.29, 1.82) is 0 Å². The van der Waals surface area contributed by atoms with Crippen LogP contribution in [0.4, 0.5) is 8.78 Å². The number of alkyl halides is 3. The van der Waals surface area contributed by atoms with Gasteiger partial charge in [-0.2, -0.15) is 0 Å². The molecule has 1 aromatic heterocycles. The second kappa shape index (κ2) is 5.77. The van der Waals surface area contributed by atoms with Crippen LogP contribution >= 0.6 is 11.6 Å². The second-order valence-corrected chi connectivity index (χ2v) is 3.49. The van der Waals surface area contributed by atoms with Gasteiger partial charge in [0.15, 0.2) is 0 Å². The maximum atomic E-state index is 12.7. The zero-order chi connectivity index (χ0) is 13.0. The molecule has 0 saturated carbocycles. The fourth-order valence-corrected chi connectivity index (χ4v) is 1.64. The summed E-state index contributed by atoms with van der Waals surface area (Å²) in [5.74, 6) is -0.785. The first-order chi connectivity index (χ1) is 8.01. The highest BCUT2D eigenvalue weighted by Gasteiger charge is 2.22. The van der Waals surface area contributed by atoms with Gasteiger partial charge in [-0.05, 0) is 11.1 Å². The number of ether oxygens (including phenoxy) is 1. The molecule has 0 spiro atoms. The number of hydrogen-bond donors (Lipinski definition) is 1. The van der Waals surface area contributed by atoms with Gasteiger partial charge in [0.25, 0.3) is 12.0 Å². The van der Waals surface area contributed by atoms with Crippen LogP contribution in [0.2, 0.25) is 0 Å². The summed E-state index contributed by atoms with van der Waals surface area (Å²) in [5, 5.41) is 0. The van der Waals surface area contributed by atoms with Crippen LogP contribution in [0.1, 0.15) is 23.1 Å². The highest BCUT2D eigenvalue weighted by atomic mass is 35.5. The van der Waals surface area contributed by atoms with E-state index >= 15 is 0 Å². The van der Waals surface area contributed by atoms with Crippen molar-refractivity contribution < 1.29 is 18.3 Å². The topological polar surface area (TPSA) is 59.2 Å². The van der Waals surface area contributed by atoms with Crippen LogP contribution < -0.4 is 5.56 Å². The molecule has 0 bridgehead atoms. The highest BCUT2D eigenvalue weighted by molar-refractivity contribution is 6.17. The standard InChI is InChI=1S/C10H10ClF2NO3/c1-17-7(15)2-6-5(3-11)4-14-10(16)8(6)9(12)13/h4,9H,2-3H2,1H3,(H,14,16). The van der Waals surface area contributed by atoms with Gasteiger partial charge in [-0.3, -0.25) is 9.59 Å². The number of H-pyrrole nitrogens is 1. The predicted molar refractivity (Wildman–Crippen MR) is 57.3 cm³/mol. The molecule has 0 aliphatic carbocycles. The molecule has 4 nitrogen and oxygen atoms in total. The van der Waals surface area contributed by atoms with Crippen LogP contribution in [0, 0.1) is 0 Å². The Kier molecular flexibility index (Phi) is 4.62. The molecule has 0 aliphatic rings. The number of pyridine rings is 1. The summed E-state index contributed by atoms with van der Waals surface area (Å²) in [5.41, 5.74) is -1.43. The molecule has 1 rings (SSSR count). The summed E-state index contributed by atoms with van der Waals surface area (Å²) in [7, 11) is 1.14. The Balaban J connectivity index is 3.35. The minimum Gasteiger partial charge on any atom is -0.469 e. The normalized spacial score (nSPS) is 10.6.